The van der Waals surface area contributed by atoms with Crippen molar-refractivity contribution in [3.05, 3.63) is 48.1 Å². The SMILES string of the molecule is C=[C]c1cccc(F)c1F. The van der Waals surface area contributed by atoms with E-state index < -0.39 is 11.6 Å². The quantitative estimate of drug-likeness (QED) is 0.560. The van der Waals surface area contributed by atoms with E-state index >= 15 is 0 Å². The molecule has 1 aromatic rings. The third-order valence-corrected chi connectivity index (χ3v) is 1.14. The van der Waals surface area contributed by atoms with Crippen molar-refractivity contribution in [1.29, 1.82) is 0 Å². The molecule has 0 fully saturated rings. The summed E-state index contributed by atoms with van der Waals surface area (Å²) in [6, 6.07) is 3.87. The Kier molecular flexibility index (Phi) is 1.81. The first-order chi connectivity index (χ1) is 4.75. The predicted molar refractivity (Wildman–Crippen MR) is 34.3 cm³/mol. The van der Waals surface area contributed by atoms with Crippen LogP contribution in [0.1, 0.15) is 5.56 Å². The number of rotatable bonds is 1. The molecule has 0 saturated carbocycles. The molecule has 0 unspecified atom stereocenters. The van der Waals surface area contributed by atoms with E-state index in [1.54, 1.807) is 0 Å². The summed E-state index contributed by atoms with van der Waals surface area (Å²) < 4.78 is 24.8. The van der Waals surface area contributed by atoms with Crippen molar-refractivity contribution in [2.24, 2.45) is 0 Å². The van der Waals surface area contributed by atoms with E-state index in [4.69, 9.17) is 0 Å². The first-order valence-corrected chi connectivity index (χ1v) is 2.73. The molecule has 0 aliphatic rings. The molecule has 0 heterocycles. The minimum absolute atomic E-state index is 0.0694. The highest BCUT2D eigenvalue weighted by atomic mass is 19.2. The zero-order valence-corrected chi connectivity index (χ0v) is 5.20. The Bertz CT molecular complexity index is 253. The van der Waals surface area contributed by atoms with Gasteiger partial charge >= 0.3 is 0 Å². The lowest BCUT2D eigenvalue weighted by atomic mass is 10.2. The van der Waals surface area contributed by atoms with Crippen LogP contribution in [0.15, 0.2) is 24.8 Å². The maximum atomic E-state index is 12.5. The molecule has 0 saturated heterocycles. The van der Waals surface area contributed by atoms with Gasteiger partial charge in [0.2, 0.25) is 0 Å². The summed E-state index contributed by atoms with van der Waals surface area (Å²) in [5.41, 5.74) is 0.0694. The minimum atomic E-state index is -0.891. The molecule has 1 aromatic carbocycles. The summed E-state index contributed by atoms with van der Waals surface area (Å²) in [5, 5.41) is 0. The smallest absolute Gasteiger partial charge is 0.166 e. The molecule has 10 heavy (non-hydrogen) atoms. The van der Waals surface area contributed by atoms with Crippen LogP contribution >= 0.6 is 0 Å². The molecule has 0 bridgehead atoms. The van der Waals surface area contributed by atoms with Gasteiger partial charge in [0.1, 0.15) is 0 Å². The molecule has 0 spiro atoms. The first-order valence-electron chi connectivity index (χ1n) is 2.73. The summed E-state index contributed by atoms with van der Waals surface area (Å²) in [7, 11) is 0. The molecule has 0 aliphatic carbocycles. The standard InChI is InChI=1S/C8H5F2/c1-2-6-4-3-5-7(9)8(6)10/h3-5H,1H2. The van der Waals surface area contributed by atoms with Gasteiger partial charge < -0.3 is 0 Å². The summed E-state index contributed by atoms with van der Waals surface area (Å²) >= 11 is 0. The number of hydrogen-bond acceptors (Lipinski definition) is 0. The zero-order valence-electron chi connectivity index (χ0n) is 5.20. The topological polar surface area (TPSA) is 0 Å². The average molecular weight is 139 g/mol. The van der Waals surface area contributed by atoms with E-state index in [1.807, 2.05) is 0 Å². The second-order valence-electron chi connectivity index (χ2n) is 1.78. The molecule has 1 rings (SSSR count). The Labute approximate surface area is 57.8 Å². The monoisotopic (exact) mass is 139 g/mol. The molecule has 0 aliphatic heterocycles. The highest BCUT2D eigenvalue weighted by molar-refractivity contribution is 5.23. The minimum Gasteiger partial charge on any atom is -0.204 e. The van der Waals surface area contributed by atoms with Gasteiger partial charge in [0.25, 0.3) is 0 Å². The van der Waals surface area contributed by atoms with Crippen molar-refractivity contribution in [3.63, 3.8) is 0 Å². The molecule has 0 N–H and O–H groups in total. The number of hydrogen-bond donors (Lipinski definition) is 0. The van der Waals surface area contributed by atoms with Gasteiger partial charge in [-0.15, -0.1) is 0 Å². The maximum absolute atomic E-state index is 12.5. The Morgan fingerprint density at radius 3 is 2.50 bits per heavy atom. The number of benzene rings is 1. The molecule has 0 aromatic heterocycles. The van der Waals surface area contributed by atoms with Gasteiger partial charge in [-0.3, -0.25) is 0 Å². The van der Waals surface area contributed by atoms with Crippen LogP contribution in [0.2, 0.25) is 0 Å². The van der Waals surface area contributed by atoms with Crippen molar-refractivity contribution in [3.8, 4) is 0 Å². The van der Waals surface area contributed by atoms with Gasteiger partial charge in [0, 0.05) is 5.56 Å². The Morgan fingerprint density at radius 2 is 2.00 bits per heavy atom. The van der Waals surface area contributed by atoms with Crippen LogP contribution in [0.5, 0.6) is 0 Å². The van der Waals surface area contributed by atoms with Crippen LogP contribution in [-0.2, 0) is 0 Å². The molecule has 0 nitrogen and oxygen atoms in total. The summed E-state index contributed by atoms with van der Waals surface area (Å²) in [4.78, 5) is 0. The van der Waals surface area contributed by atoms with Gasteiger partial charge in [-0.05, 0) is 12.1 Å². The molecular formula is C8H5F2. The summed E-state index contributed by atoms with van der Waals surface area (Å²) in [6.07, 6.45) is 2.27. The second-order valence-corrected chi connectivity index (χ2v) is 1.78. The van der Waals surface area contributed by atoms with Gasteiger partial charge in [-0.25, -0.2) is 8.78 Å². The normalized spacial score (nSPS) is 9.40. The van der Waals surface area contributed by atoms with Gasteiger partial charge in [0.15, 0.2) is 11.6 Å². The Morgan fingerprint density at radius 1 is 1.30 bits per heavy atom. The first kappa shape index (κ1) is 6.93. The van der Waals surface area contributed by atoms with Crippen LogP contribution in [0, 0.1) is 17.7 Å². The lowest BCUT2D eigenvalue weighted by Gasteiger charge is -1.94. The van der Waals surface area contributed by atoms with Crippen molar-refractivity contribution in [2.45, 2.75) is 0 Å². The molecule has 2 heteroatoms. The molecular weight excluding hydrogens is 134 g/mol. The zero-order chi connectivity index (χ0) is 7.56. The average Bonchev–Trinajstić information content (AvgIpc) is 1.95. The van der Waals surface area contributed by atoms with Crippen molar-refractivity contribution < 1.29 is 8.78 Å². The highest BCUT2D eigenvalue weighted by Crippen LogP contribution is 2.09. The fourth-order valence-electron chi connectivity index (χ4n) is 0.640. The van der Waals surface area contributed by atoms with Crippen LogP contribution < -0.4 is 0 Å². The summed E-state index contributed by atoms with van der Waals surface area (Å²) in [5.74, 6) is -1.76. The molecule has 51 valence electrons. The Hall–Kier alpha value is -1.18. The van der Waals surface area contributed by atoms with Crippen molar-refractivity contribution in [2.75, 3.05) is 0 Å². The molecule has 0 amide bonds. The van der Waals surface area contributed by atoms with Crippen LogP contribution in [0.25, 0.3) is 0 Å². The van der Waals surface area contributed by atoms with Crippen LogP contribution in [-0.4, -0.2) is 0 Å². The van der Waals surface area contributed by atoms with E-state index in [0.29, 0.717) is 0 Å². The Balaban J connectivity index is 3.27. The second kappa shape index (κ2) is 2.60. The molecule has 1 radical (unpaired) electrons. The lowest BCUT2D eigenvalue weighted by Crippen LogP contribution is -1.86. The van der Waals surface area contributed by atoms with E-state index in [0.717, 1.165) is 6.07 Å². The van der Waals surface area contributed by atoms with Crippen LogP contribution in [0.4, 0.5) is 8.78 Å². The van der Waals surface area contributed by atoms with E-state index in [-0.39, 0.29) is 5.56 Å². The fraction of sp³-hybridized carbons (Fsp3) is 0. The van der Waals surface area contributed by atoms with E-state index in [1.165, 1.54) is 12.1 Å². The predicted octanol–water partition coefficient (Wildman–Crippen LogP) is 2.30. The van der Waals surface area contributed by atoms with Crippen LogP contribution in [0.3, 0.4) is 0 Å². The fourth-order valence-corrected chi connectivity index (χ4v) is 0.640. The lowest BCUT2D eigenvalue weighted by molar-refractivity contribution is 0.505. The van der Waals surface area contributed by atoms with Gasteiger partial charge in [0.05, 0.1) is 0 Å². The third kappa shape index (κ3) is 1.05. The summed E-state index contributed by atoms with van der Waals surface area (Å²) in [6.45, 7) is 3.20. The van der Waals surface area contributed by atoms with Gasteiger partial charge in [-0.1, -0.05) is 18.7 Å². The van der Waals surface area contributed by atoms with Crippen molar-refractivity contribution >= 4 is 0 Å². The molecule has 0 atom stereocenters. The van der Waals surface area contributed by atoms with Gasteiger partial charge in [-0.2, -0.15) is 0 Å². The van der Waals surface area contributed by atoms with E-state index in [2.05, 4.69) is 12.7 Å². The van der Waals surface area contributed by atoms with Crippen molar-refractivity contribution in [1.82, 2.24) is 0 Å². The third-order valence-electron chi connectivity index (χ3n) is 1.14. The number of halogens is 2. The van der Waals surface area contributed by atoms with E-state index in [9.17, 15) is 8.78 Å². The highest BCUT2D eigenvalue weighted by Gasteiger charge is 2.02. The maximum Gasteiger partial charge on any atom is 0.166 e. The largest absolute Gasteiger partial charge is 0.204 e.